The van der Waals surface area contributed by atoms with E-state index in [0.717, 1.165) is 29.8 Å². The Morgan fingerprint density at radius 2 is 1.37 bits per heavy atom. The summed E-state index contributed by atoms with van der Waals surface area (Å²) in [4.78, 5) is 15.1. The first-order valence-corrected chi connectivity index (χ1v) is 11.6. The summed E-state index contributed by atoms with van der Waals surface area (Å²) < 4.78 is 27.8. The van der Waals surface area contributed by atoms with Gasteiger partial charge >= 0.3 is 0 Å². The third kappa shape index (κ3) is 3.08. The second-order valence-electron chi connectivity index (χ2n) is 7.67. The SMILES string of the molecule is O=C(c1ccc(S(=O)(=O)N2CCc3ccccc32)cc1)N1CCCc2ccccc21. The third-order valence-corrected chi connectivity index (χ3v) is 7.72. The van der Waals surface area contributed by atoms with Crippen molar-refractivity contribution < 1.29 is 13.2 Å². The van der Waals surface area contributed by atoms with Gasteiger partial charge in [0.25, 0.3) is 15.9 Å². The summed E-state index contributed by atoms with van der Waals surface area (Å²) in [5, 5.41) is 0. The van der Waals surface area contributed by atoms with Crippen LogP contribution >= 0.6 is 0 Å². The van der Waals surface area contributed by atoms with E-state index in [0.29, 0.717) is 25.1 Å². The Kier molecular flexibility index (Phi) is 4.59. The molecule has 30 heavy (non-hydrogen) atoms. The molecule has 2 heterocycles. The number of carbonyl (C=O) groups excluding carboxylic acids is 1. The summed E-state index contributed by atoms with van der Waals surface area (Å²) in [6.45, 7) is 1.10. The van der Waals surface area contributed by atoms with E-state index in [1.807, 2.05) is 42.5 Å². The van der Waals surface area contributed by atoms with Crippen LogP contribution in [0.3, 0.4) is 0 Å². The van der Waals surface area contributed by atoms with Gasteiger partial charge < -0.3 is 4.90 Å². The zero-order chi connectivity index (χ0) is 20.7. The van der Waals surface area contributed by atoms with Crippen molar-refractivity contribution in [3.8, 4) is 0 Å². The number of carbonyl (C=O) groups is 1. The molecular formula is C24H22N2O3S. The van der Waals surface area contributed by atoms with Crippen LogP contribution in [0.15, 0.2) is 77.7 Å². The highest BCUT2D eigenvalue weighted by molar-refractivity contribution is 7.92. The van der Waals surface area contributed by atoms with Crippen molar-refractivity contribution in [2.45, 2.75) is 24.2 Å². The highest BCUT2D eigenvalue weighted by atomic mass is 32.2. The molecule has 0 aromatic heterocycles. The van der Waals surface area contributed by atoms with Crippen molar-refractivity contribution in [3.05, 3.63) is 89.5 Å². The van der Waals surface area contributed by atoms with Crippen LogP contribution in [0.1, 0.15) is 27.9 Å². The number of fused-ring (bicyclic) bond motifs is 2. The number of amides is 1. The Morgan fingerprint density at radius 1 is 0.733 bits per heavy atom. The molecule has 0 saturated carbocycles. The second-order valence-corrected chi connectivity index (χ2v) is 9.53. The number of rotatable bonds is 3. The number of nitrogens with zero attached hydrogens (tertiary/aromatic N) is 2. The lowest BCUT2D eigenvalue weighted by atomic mass is 10.0. The van der Waals surface area contributed by atoms with Crippen molar-refractivity contribution in [2.75, 3.05) is 22.3 Å². The molecule has 2 aliphatic heterocycles. The molecule has 0 unspecified atom stereocenters. The van der Waals surface area contributed by atoms with Crippen molar-refractivity contribution in [3.63, 3.8) is 0 Å². The molecule has 0 spiro atoms. The third-order valence-electron chi connectivity index (χ3n) is 5.89. The predicted molar refractivity (Wildman–Crippen MR) is 118 cm³/mol. The van der Waals surface area contributed by atoms with Gasteiger partial charge in [-0.2, -0.15) is 0 Å². The average molecular weight is 419 g/mol. The van der Waals surface area contributed by atoms with Crippen molar-refractivity contribution >= 4 is 27.3 Å². The minimum atomic E-state index is -3.66. The fraction of sp³-hybridized carbons (Fsp3) is 0.208. The second kappa shape index (κ2) is 7.29. The monoisotopic (exact) mass is 418 g/mol. The highest BCUT2D eigenvalue weighted by Gasteiger charge is 2.31. The summed E-state index contributed by atoms with van der Waals surface area (Å²) in [5.74, 6) is -0.0994. The Labute approximate surface area is 176 Å². The minimum Gasteiger partial charge on any atom is -0.308 e. The maximum absolute atomic E-state index is 13.2. The van der Waals surface area contributed by atoms with Crippen LogP contribution in [0.5, 0.6) is 0 Å². The van der Waals surface area contributed by atoms with Crippen molar-refractivity contribution in [2.24, 2.45) is 0 Å². The van der Waals surface area contributed by atoms with E-state index in [2.05, 4.69) is 6.07 Å². The Morgan fingerprint density at radius 3 is 2.10 bits per heavy atom. The standard InChI is InChI=1S/C24H22N2O3S/c27-24(25-16-5-8-18-6-1-3-9-22(18)25)20-11-13-21(14-12-20)30(28,29)26-17-15-19-7-2-4-10-23(19)26/h1-4,6-7,9-14H,5,8,15-17H2. The summed E-state index contributed by atoms with van der Waals surface area (Å²) in [5.41, 5.74) is 4.38. The Hall–Kier alpha value is -3.12. The van der Waals surface area contributed by atoms with Gasteiger partial charge in [-0.15, -0.1) is 0 Å². The molecule has 0 bridgehead atoms. The molecule has 0 N–H and O–H groups in total. The van der Waals surface area contributed by atoms with Gasteiger partial charge in [-0.25, -0.2) is 8.42 Å². The molecule has 0 fully saturated rings. The fourth-order valence-electron chi connectivity index (χ4n) is 4.35. The average Bonchev–Trinajstić information content (AvgIpc) is 3.23. The topological polar surface area (TPSA) is 57.7 Å². The van der Waals surface area contributed by atoms with Crippen molar-refractivity contribution in [1.82, 2.24) is 0 Å². The van der Waals surface area contributed by atoms with Gasteiger partial charge in [0.15, 0.2) is 0 Å². The maximum Gasteiger partial charge on any atom is 0.264 e. The van der Waals surface area contributed by atoms with Crippen LogP contribution in [-0.2, 0) is 22.9 Å². The summed E-state index contributed by atoms with van der Waals surface area (Å²) in [7, 11) is -3.66. The maximum atomic E-state index is 13.2. The smallest absolute Gasteiger partial charge is 0.264 e. The molecule has 5 rings (SSSR count). The van der Waals surface area contributed by atoms with Gasteiger partial charge in [-0.1, -0.05) is 36.4 Å². The van der Waals surface area contributed by atoms with Gasteiger partial charge in [0.2, 0.25) is 0 Å². The quantitative estimate of drug-likeness (QED) is 0.645. The van der Waals surface area contributed by atoms with Crippen molar-refractivity contribution in [1.29, 1.82) is 0 Å². The van der Waals surface area contributed by atoms with E-state index in [1.54, 1.807) is 29.2 Å². The van der Waals surface area contributed by atoms with Gasteiger partial charge in [0.1, 0.15) is 0 Å². The van der Waals surface area contributed by atoms with E-state index in [9.17, 15) is 13.2 Å². The van der Waals surface area contributed by atoms with Crippen LogP contribution in [0.25, 0.3) is 0 Å². The molecule has 1 amide bonds. The number of hydrogen-bond acceptors (Lipinski definition) is 3. The van der Waals surface area contributed by atoms with Gasteiger partial charge in [-0.05, 0) is 66.8 Å². The molecule has 152 valence electrons. The zero-order valence-corrected chi connectivity index (χ0v) is 17.3. The van der Waals surface area contributed by atoms with Crippen LogP contribution in [0.2, 0.25) is 0 Å². The van der Waals surface area contributed by atoms with Gasteiger partial charge in [-0.3, -0.25) is 9.10 Å². The molecule has 0 saturated heterocycles. The lowest BCUT2D eigenvalue weighted by Crippen LogP contribution is -2.35. The molecule has 5 nitrogen and oxygen atoms in total. The number of aryl methyl sites for hydroxylation is 1. The highest BCUT2D eigenvalue weighted by Crippen LogP contribution is 2.33. The molecular weight excluding hydrogens is 396 g/mol. The summed E-state index contributed by atoms with van der Waals surface area (Å²) in [6.07, 6.45) is 2.60. The van der Waals surface area contributed by atoms with Gasteiger partial charge in [0, 0.05) is 24.3 Å². The first-order valence-electron chi connectivity index (χ1n) is 10.2. The number of para-hydroxylation sites is 2. The number of hydrogen-bond donors (Lipinski definition) is 0. The summed E-state index contributed by atoms with van der Waals surface area (Å²) >= 11 is 0. The molecule has 3 aromatic rings. The first-order chi connectivity index (χ1) is 14.6. The minimum absolute atomic E-state index is 0.0994. The van der Waals surface area contributed by atoms with Crippen LogP contribution in [0, 0.1) is 0 Å². The molecule has 0 aliphatic carbocycles. The molecule has 0 atom stereocenters. The largest absolute Gasteiger partial charge is 0.308 e. The molecule has 3 aromatic carbocycles. The Balaban J connectivity index is 1.42. The predicted octanol–water partition coefficient (Wildman–Crippen LogP) is 4.03. The lowest BCUT2D eigenvalue weighted by Gasteiger charge is -2.29. The van der Waals surface area contributed by atoms with Gasteiger partial charge in [0.05, 0.1) is 10.6 Å². The van der Waals surface area contributed by atoms with E-state index in [1.165, 1.54) is 9.87 Å². The van der Waals surface area contributed by atoms with E-state index in [-0.39, 0.29) is 10.8 Å². The molecule has 6 heteroatoms. The van der Waals surface area contributed by atoms with Crippen LogP contribution < -0.4 is 9.21 Å². The van der Waals surface area contributed by atoms with E-state index >= 15 is 0 Å². The van der Waals surface area contributed by atoms with E-state index < -0.39 is 10.0 Å². The van der Waals surface area contributed by atoms with Crippen LogP contribution in [-0.4, -0.2) is 27.4 Å². The Bertz CT molecular complexity index is 1220. The van der Waals surface area contributed by atoms with Crippen LogP contribution in [0.4, 0.5) is 11.4 Å². The zero-order valence-electron chi connectivity index (χ0n) is 16.5. The first kappa shape index (κ1) is 18.9. The number of benzene rings is 3. The number of anilines is 2. The summed E-state index contributed by atoms with van der Waals surface area (Å²) in [6, 6.07) is 21.8. The normalized spacial score (nSPS) is 15.6. The molecule has 2 aliphatic rings. The fourth-order valence-corrected chi connectivity index (χ4v) is 5.86. The lowest BCUT2D eigenvalue weighted by molar-refractivity contribution is 0.0985. The van der Waals surface area contributed by atoms with E-state index in [4.69, 9.17) is 0 Å². The molecule has 0 radical (unpaired) electrons. The number of sulfonamides is 1.